The van der Waals surface area contributed by atoms with Crippen molar-refractivity contribution >= 4 is 5.97 Å². The molecule has 1 N–H and O–H groups in total. The number of hydrogen-bond donors (Lipinski definition) is 1. The average molecular weight is 264 g/mol. The number of carboxylic acid groups (broad SMARTS) is 1. The van der Waals surface area contributed by atoms with Gasteiger partial charge in [-0.25, -0.2) is 0 Å². The van der Waals surface area contributed by atoms with E-state index in [4.69, 9.17) is 0 Å². The van der Waals surface area contributed by atoms with Crippen LogP contribution in [0.2, 0.25) is 0 Å². The molecule has 2 aromatic rings. The molecule has 3 aliphatic carbocycles. The topological polar surface area (TPSA) is 37.3 Å². The van der Waals surface area contributed by atoms with Gasteiger partial charge in [0.25, 0.3) is 0 Å². The van der Waals surface area contributed by atoms with Gasteiger partial charge in [-0.2, -0.15) is 0 Å². The van der Waals surface area contributed by atoms with Gasteiger partial charge in [0, 0.05) is 18.3 Å². The zero-order chi connectivity index (χ0) is 13.7. The molecule has 5 rings (SSSR count). The highest BCUT2D eigenvalue weighted by molar-refractivity contribution is 5.68. The fourth-order valence-corrected chi connectivity index (χ4v) is 4.18. The smallest absolute Gasteiger partial charge is 0.303 e. The van der Waals surface area contributed by atoms with Crippen molar-refractivity contribution in [2.24, 2.45) is 5.92 Å². The van der Waals surface area contributed by atoms with Crippen molar-refractivity contribution in [1.29, 1.82) is 0 Å². The fraction of sp³-hybridized carbons (Fsp3) is 0.278. The molecule has 0 aromatic heterocycles. The van der Waals surface area contributed by atoms with Gasteiger partial charge in [-0.3, -0.25) is 4.79 Å². The van der Waals surface area contributed by atoms with Crippen LogP contribution in [0.1, 0.15) is 46.9 Å². The predicted octanol–water partition coefficient (Wildman–Crippen LogP) is 3.76. The minimum absolute atomic E-state index is 0.224. The van der Waals surface area contributed by atoms with Crippen LogP contribution in [0.25, 0.3) is 0 Å². The molecule has 1 atom stereocenters. The molecule has 0 fully saturated rings. The zero-order valence-electron chi connectivity index (χ0n) is 11.1. The lowest BCUT2D eigenvalue weighted by Gasteiger charge is -2.45. The zero-order valence-corrected chi connectivity index (χ0v) is 11.1. The third-order valence-electron chi connectivity index (χ3n) is 4.86. The van der Waals surface area contributed by atoms with Crippen molar-refractivity contribution in [3.8, 4) is 0 Å². The van der Waals surface area contributed by atoms with E-state index in [1.165, 1.54) is 22.3 Å². The highest BCUT2D eigenvalue weighted by Gasteiger charge is 2.43. The van der Waals surface area contributed by atoms with Crippen LogP contribution < -0.4 is 0 Å². The van der Waals surface area contributed by atoms with E-state index in [2.05, 4.69) is 48.5 Å². The van der Waals surface area contributed by atoms with Gasteiger partial charge in [0.2, 0.25) is 0 Å². The third kappa shape index (κ3) is 1.54. The SMILES string of the molecule is O=C(O)C[C@H]1CC2c3ccccc3C1c1ccccc12. The molecule has 0 saturated carbocycles. The molecule has 0 spiro atoms. The van der Waals surface area contributed by atoms with Crippen molar-refractivity contribution in [3.05, 3.63) is 70.8 Å². The van der Waals surface area contributed by atoms with Gasteiger partial charge in [0.15, 0.2) is 0 Å². The average Bonchev–Trinajstić information content (AvgIpc) is 2.47. The summed E-state index contributed by atoms with van der Waals surface area (Å²) in [6.45, 7) is 0. The summed E-state index contributed by atoms with van der Waals surface area (Å²) in [5.41, 5.74) is 5.48. The largest absolute Gasteiger partial charge is 0.481 e. The first-order valence-electron chi connectivity index (χ1n) is 7.15. The van der Waals surface area contributed by atoms with Gasteiger partial charge in [-0.1, -0.05) is 48.5 Å². The van der Waals surface area contributed by atoms with Crippen LogP contribution in [0, 0.1) is 5.92 Å². The van der Waals surface area contributed by atoms with Crippen LogP contribution in [-0.4, -0.2) is 11.1 Å². The van der Waals surface area contributed by atoms with Gasteiger partial charge in [0.1, 0.15) is 0 Å². The van der Waals surface area contributed by atoms with Crippen LogP contribution in [0.3, 0.4) is 0 Å². The first-order valence-corrected chi connectivity index (χ1v) is 7.15. The molecule has 100 valence electrons. The van der Waals surface area contributed by atoms with Crippen LogP contribution in [0.5, 0.6) is 0 Å². The molecule has 2 heteroatoms. The number of carboxylic acids is 1. The summed E-state index contributed by atoms with van der Waals surface area (Å²) in [4.78, 5) is 11.2. The molecule has 0 heterocycles. The molecule has 0 radical (unpaired) electrons. The van der Waals surface area contributed by atoms with Gasteiger partial charge >= 0.3 is 5.97 Å². The molecule has 2 aromatic carbocycles. The van der Waals surface area contributed by atoms with E-state index in [0.29, 0.717) is 5.92 Å². The molecule has 2 nitrogen and oxygen atoms in total. The number of hydrogen-bond acceptors (Lipinski definition) is 1. The van der Waals surface area contributed by atoms with Crippen LogP contribution in [0.4, 0.5) is 0 Å². The van der Waals surface area contributed by atoms with E-state index in [0.717, 1.165) is 6.42 Å². The molecule has 3 aliphatic rings. The number of benzene rings is 2. The summed E-state index contributed by atoms with van der Waals surface area (Å²) in [7, 11) is 0. The Kier molecular flexibility index (Phi) is 2.46. The fourth-order valence-electron chi connectivity index (χ4n) is 4.18. The van der Waals surface area contributed by atoms with E-state index in [9.17, 15) is 9.90 Å². The second kappa shape index (κ2) is 4.20. The Morgan fingerprint density at radius 3 is 1.95 bits per heavy atom. The highest BCUT2D eigenvalue weighted by Crippen LogP contribution is 2.56. The molecule has 0 aliphatic heterocycles. The van der Waals surface area contributed by atoms with Crippen molar-refractivity contribution < 1.29 is 9.90 Å². The van der Waals surface area contributed by atoms with E-state index in [-0.39, 0.29) is 18.3 Å². The van der Waals surface area contributed by atoms with Crippen molar-refractivity contribution in [2.45, 2.75) is 24.7 Å². The van der Waals surface area contributed by atoms with Crippen molar-refractivity contribution in [3.63, 3.8) is 0 Å². The predicted molar refractivity (Wildman–Crippen MR) is 76.9 cm³/mol. The highest BCUT2D eigenvalue weighted by atomic mass is 16.4. The van der Waals surface area contributed by atoms with Crippen LogP contribution >= 0.6 is 0 Å². The molecular formula is C18H16O2. The first-order chi connectivity index (χ1) is 9.75. The number of aliphatic carboxylic acids is 1. The van der Waals surface area contributed by atoms with E-state index >= 15 is 0 Å². The molecule has 0 unspecified atom stereocenters. The van der Waals surface area contributed by atoms with Crippen LogP contribution in [-0.2, 0) is 4.79 Å². The quantitative estimate of drug-likeness (QED) is 0.896. The van der Waals surface area contributed by atoms with Gasteiger partial charge in [-0.15, -0.1) is 0 Å². The maximum absolute atomic E-state index is 11.2. The van der Waals surface area contributed by atoms with Crippen LogP contribution in [0.15, 0.2) is 48.5 Å². The number of rotatable bonds is 2. The Balaban J connectivity index is 1.91. The Morgan fingerprint density at radius 1 is 0.950 bits per heavy atom. The molecule has 0 saturated heterocycles. The molecule has 20 heavy (non-hydrogen) atoms. The molecule has 0 amide bonds. The van der Waals surface area contributed by atoms with E-state index in [1.54, 1.807) is 0 Å². The summed E-state index contributed by atoms with van der Waals surface area (Å²) in [6.07, 6.45) is 1.23. The normalized spacial score (nSPS) is 25.9. The maximum Gasteiger partial charge on any atom is 0.303 e. The minimum atomic E-state index is -0.683. The lowest BCUT2D eigenvalue weighted by Crippen LogP contribution is -2.33. The first kappa shape index (κ1) is 11.7. The second-order valence-electron chi connectivity index (χ2n) is 5.88. The summed E-state index contributed by atoms with van der Waals surface area (Å²) in [5.74, 6) is 0.167. The Labute approximate surface area is 118 Å². The third-order valence-corrected chi connectivity index (χ3v) is 4.86. The van der Waals surface area contributed by atoms with E-state index in [1.807, 2.05) is 0 Å². The second-order valence-corrected chi connectivity index (χ2v) is 5.88. The summed E-state index contributed by atoms with van der Waals surface area (Å²) < 4.78 is 0. The maximum atomic E-state index is 11.2. The van der Waals surface area contributed by atoms with Gasteiger partial charge in [-0.05, 0) is 34.6 Å². The number of carbonyl (C=O) groups is 1. The van der Waals surface area contributed by atoms with Gasteiger partial charge < -0.3 is 5.11 Å². The minimum Gasteiger partial charge on any atom is -0.481 e. The Hall–Kier alpha value is -2.09. The number of fused-ring (bicyclic) bond motifs is 1. The lowest BCUT2D eigenvalue weighted by atomic mass is 9.58. The lowest BCUT2D eigenvalue weighted by molar-refractivity contribution is -0.138. The molecule has 2 bridgehead atoms. The standard InChI is InChI=1S/C18H16O2/c19-17(20)10-11-9-16-12-5-1-3-7-14(12)18(11)15-8-4-2-6-13(15)16/h1-8,11,16,18H,9-10H2,(H,19,20)/t11-,16?,18?/m1/s1. The Bertz CT molecular complexity index is 642. The summed E-state index contributed by atoms with van der Waals surface area (Å²) >= 11 is 0. The van der Waals surface area contributed by atoms with E-state index < -0.39 is 5.97 Å². The van der Waals surface area contributed by atoms with Gasteiger partial charge in [0.05, 0.1) is 0 Å². The monoisotopic (exact) mass is 264 g/mol. The van der Waals surface area contributed by atoms with Crippen molar-refractivity contribution in [1.82, 2.24) is 0 Å². The summed E-state index contributed by atoms with van der Waals surface area (Å²) in [6, 6.07) is 17.1. The molecular weight excluding hydrogens is 248 g/mol. The Morgan fingerprint density at radius 2 is 1.45 bits per heavy atom. The summed E-state index contributed by atoms with van der Waals surface area (Å²) in [5, 5.41) is 9.19. The van der Waals surface area contributed by atoms with Crippen molar-refractivity contribution in [2.75, 3.05) is 0 Å².